The zero-order valence-electron chi connectivity index (χ0n) is 11.1. The van der Waals surface area contributed by atoms with Crippen LogP contribution in [0.2, 0.25) is 0 Å². The van der Waals surface area contributed by atoms with Crippen LogP contribution in [0.15, 0.2) is 48.5 Å². The Morgan fingerprint density at radius 2 is 2.05 bits per heavy atom. The summed E-state index contributed by atoms with van der Waals surface area (Å²) in [5.74, 6) is 0.377. The fourth-order valence-electron chi connectivity index (χ4n) is 1.95. The first kappa shape index (κ1) is 13.9. The Kier molecular flexibility index (Phi) is 4.56. The molecule has 3 nitrogen and oxygen atoms in total. The molecule has 0 saturated heterocycles. The highest BCUT2D eigenvalue weighted by Gasteiger charge is 2.10. The molecule has 0 aliphatic rings. The van der Waals surface area contributed by atoms with E-state index >= 15 is 0 Å². The second kappa shape index (κ2) is 6.58. The van der Waals surface area contributed by atoms with Gasteiger partial charge in [-0.3, -0.25) is 0 Å². The van der Waals surface area contributed by atoms with Gasteiger partial charge in [0, 0.05) is 17.3 Å². The van der Waals surface area contributed by atoms with Gasteiger partial charge in [-0.1, -0.05) is 24.3 Å². The summed E-state index contributed by atoms with van der Waals surface area (Å²) in [5.41, 5.74) is 1.42. The molecule has 0 saturated carbocycles. The van der Waals surface area contributed by atoms with Crippen molar-refractivity contribution in [3.05, 3.63) is 59.9 Å². The van der Waals surface area contributed by atoms with Crippen LogP contribution in [0.3, 0.4) is 0 Å². The normalized spacial score (nSPS) is 11.4. The molecule has 0 aliphatic carbocycles. The van der Waals surface area contributed by atoms with E-state index in [1.54, 1.807) is 24.3 Å². The number of ether oxygens (including phenoxy) is 1. The Hall–Kier alpha value is -2.54. The third-order valence-corrected chi connectivity index (χ3v) is 2.89. The van der Waals surface area contributed by atoms with Gasteiger partial charge in [0.05, 0.1) is 6.04 Å². The minimum absolute atomic E-state index is 0.00627. The van der Waals surface area contributed by atoms with Crippen LogP contribution in [0.1, 0.15) is 18.5 Å². The van der Waals surface area contributed by atoms with E-state index in [9.17, 15) is 4.39 Å². The van der Waals surface area contributed by atoms with E-state index in [1.165, 1.54) is 6.07 Å². The Morgan fingerprint density at radius 3 is 2.80 bits per heavy atom. The molecule has 0 aromatic heterocycles. The van der Waals surface area contributed by atoms with E-state index in [-0.39, 0.29) is 18.5 Å². The van der Waals surface area contributed by atoms with Crippen LogP contribution in [-0.4, -0.2) is 6.61 Å². The topological polar surface area (TPSA) is 45.0 Å². The molecule has 0 fully saturated rings. The third kappa shape index (κ3) is 3.48. The molecule has 2 aromatic carbocycles. The van der Waals surface area contributed by atoms with Crippen molar-refractivity contribution < 1.29 is 9.13 Å². The predicted octanol–water partition coefficient (Wildman–Crippen LogP) is 3.90. The quantitative estimate of drug-likeness (QED) is 0.896. The number of halogens is 1. The summed E-state index contributed by atoms with van der Waals surface area (Å²) in [7, 11) is 0. The second-order valence-corrected chi connectivity index (χ2v) is 4.36. The van der Waals surface area contributed by atoms with Crippen molar-refractivity contribution in [1.29, 1.82) is 5.26 Å². The highest BCUT2D eigenvalue weighted by atomic mass is 19.1. The van der Waals surface area contributed by atoms with Gasteiger partial charge in [-0.05, 0) is 25.1 Å². The first-order chi connectivity index (χ1) is 9.70. The first-order valence-electron chi connectivity index (χ1n) is 6.31. The van der Waals surface area contributed by atoms with Crippen molar-refractivity contribution in [3.63, 3.8) is 0 Å². The van der Waals surface area contributed by atoms with Crippen molar-refractivity contribution in [3.8, 4) is 11.8 Å². The van der Waals surface area contributed by atoms with E-state index in [4.69, 9.17) is 10.00 Å². The Morgan fingerprint density at radius 1 is 1.25 bits per heavy atom. The number of benzene rings is 2. The number of hydrogen-bond donors (Lipinski definition) is 1. The van der Waals surface area contributed by atoms with Crippen molar-refractivity contribution in [1.82, 2.24) is 0 Å². The standard InChI is InChI=1S/C16H15FN2O/c1-12(15-7-2-3-8-16(15)17)19-13-5-4-6-14(11-13)20-10-9-18/h2-8,11-12,19H,10H2,1H3. The number of rotatable bonds is 5. The van der Waals surface area contributed by atoms with E-state index in [0.29, 0.717) is 11.3 Å². The van der Waals surface area contributed by atoms with Crippen LogP contribution in [-0.2, 0) is 0 Å². The highest BCUT2D eigenvalue weighted by molar-refractivity contribution is 5.49. The Balaban J connectivity index is 2.10. The fraction of sp³-hybridized carbons (Fsp3) is 0.188. The Bertz CT molecular complexity index is 622. The van der Waals surface area contributed by atoms with Gasteiger partial charge in [-0.25, -0.2) is 4.39 Å². The molecule has 0 amide bonds. The lowest BCUT2D eigenvalue weighted by atomic mass is 10.1. The molecule has 0 heterocycles. The third-order valence-electron chi connectivity index (χ3n) is 2.89. The monoisotopic (exact) mass is 270 g/mol. The summed E-state index contributed by atoms with van der Waals surface area (Å²) in [6.45, 7) is 1.90. The fourth-order valence-corrected chi connectivity index (χ4v) is 1.95. The lowest BCUT2D eigenvalue weighted by Crippen LogP contribution is -2.08. The molecule has 1 unspecified atom stereocenters. The summed E-state index contributed by atoms with van der Waals surface area (Å²) >= 11 is 0. The number of nitriles is 1. The zero-order valence-corrected chi connectivity index (χ0v) is 11.1. The van der Waals surface area contributed by atoms with Gasteiger partial charge in [-0.15, -0.1) is 0 Å². The minimum atomic E-state index is -0.232. The molecule has 102 valence electrons. The molecule has 2 rings (SSSR count). The maximum Gasteiger partial charge on any atom is 0.174 e. The van der Waals surface area contributed by atoms with Gasteiger partial charge >= 0.3 is 0 Å². The number of hydrogen-bond acceptors (Lipinski definition) is 3. The van der Waals surface area contributed by atoms with Gasteiger partial charge in [0.1, 0.15) is 17.6 Å². The molecule has 0 bridgehead atoms. The van der Waals surface area contributed by atoms with Crippen molar-refractivity contribution >= 4 is 5.69 Å². The van der Waals surface area contributed by atoms with E-state index in [1.807, 2.05) is 31.2 Å². The summed E-state index contributed by atoms with van der Waals surface area (Å²) in [4.78, 5) is 0. The molecule has 1 N–H and O–H groups in total. The highest BCUT2D eigenvalue weighted by Crippen LogP contribution is 2.24. The second-order valence-electron chi connectivity index (χ2n) is 4.36. The summed E-state index contributed by atoms with van der Waals surface area (Å²) < 4.78 is 18.9. The Labute approximate surface area is 117 Å². The van der Waals surface area contributed by atoms with E-state index < -0.39 is 0 Å². The average Bonchev–Trinajstić information content (AvgIpc) is 2.46. The molecule has 4 heteroatoms. The van der Waals surface area contributed by atoms with Crippen LogP contribution in [0.5, 0.6) is 5.75 Å². The summed E-state index contributed by atoms with van der Waals surface area (Å²) in [5, 5.41) is 11.7. The first-order valence-corrected chi connectivity index (χ1v) is 6.31. The number of anilines is 1. The minimum Gasteiger partial charge on any atom is -0.479 e. The van der Waals surface area contributed by atoms with Crippen LogP contribution in [0.25, 0.3) is 0 Å². The molecule has 0 aliphatic heterocycles. The number of nitrogens with zero attached hydrogens (tertiary/aromatic N) is 1. The summed E-state index contributed by atoms with van der Waals surface area (Å²) in [6, 6.07) is 15.7. The molecule has 0 radical (unpaired) electrons. The maximum atomic E-state index is 13.7. The van der Waals surface area contributed by atoms with Crippen molar-refractivity contribution in [2.45, 2.75) is 13.0 Å². The number of nitrogens with one attached hydrogen (secondary N) is 1. The van der Waals surface area contributed by atoms with Crippen LogP contribution < -0.4 is 10.1 Å². The van der Waals surface area contributed by atoms with Crippen molar-refractivity contribution in [2.24, 2.45) is 0 Å². The van der Waals surface area contributed by atoms with Gasteiger partial charge in [-0.2, -0.15) is 5.26 Å². The molecular formula is C16H15FN2O. The molecule has 20 heavy (non-hydrogen) atoms. The van der Waals surface area contributed by atoms with Gasteiger partial charge in [0.25, 0.3) is 0 Å². The summed E-state index contributed by atoms with van der Waals surface area (Å²) in [6.07, 6.45) is 0. The van der Waals surface area contributed by atoms with Crippen LogP contribution in [0, 0.1) is 17.1 Å². The van der Waals surface area contributed by atoms with E-state index in [2.05, 4.69) is 5.32 Å². The van der Waals surface area contributed by atoms with Crippen molar-refractivity contribution in [2.75, 3.05) is 11.9 Å². The van der Waals surface area contributed by atoms with Crippen LogP contribution in [0.4, 0.5) is 10.1 Å². The van der Waals surface area contributed by atoms with Gasteiger partial charge in [0.2, 0.25) is 0 Å². The molecule has 1 atom stereocenters. The SMILES string of the molecule is CC(Nc1cccc(OCC#N)c1)c1ccccc1F. The smallest absolute Gasteiger partial charge is 0.174 e. The van der Waals surface area contributed by atoms with Gasteiger partial charge < -0.3 is 10.1 Å². The molecule has 2 aromatic rings. The average molecular weight is 270 g/mol. The van der Waals surface area contributed by atoms with Crippen LogP contribution >= 0.6 is 0 Å². The molecular weight excluding hydrogens is 255 g/mol. The largest absolute Gasteiger partial charge is 0.479 e. The lowest BCUT2D eigenvalue weighted by molar-refractivity contribution is 0.368. The predicted molar refractivity (Wildman–Crippen MR) is 76.0 cm³/mol. The molecule has 0 spiro atoms. The zero-order chi connectivity index (χ0) is 14.4. The maximum absolute atomic E-state index is 13.7. The lowest BCUT2D eigenvalue weighted by Gasteiger charge is -2.17. The van der Waals surface area contributed by atoms with Gasteiger partial charge in [0.15, 0.2) is 6.61 Å². The van der Waals surface area contributed by atoms with E-state index in [0.717, 1.165) is 5.69 Å².